The molecule has 0 N–H and O–H groups in total. The number of furan rings is 1. The van der Waals surface area contributed by atoms with Crippen LogP contribution in [0.3, 0.4) is 0 Å². The van der Waals surface area contributed by atoms with Gasteiger partial charge < -0.3 is 14.2 Å². The Labute approximate surface area is 171 Å². The van der Waals surface area contributed by atoms with E-state index in [1.165, 1.54) is 35.1 Å². The molecule has 0 radical (unpaired) electrons. The summed E-state index contributed by atoms with van der Waals surface area (Å²) < 4.78 is 19.7. The second-order valence-corrected chi connectivity index (χ2v) is 7.09. The lowest BCUT2D eigenvalue weighted by atomic mass is 10.1. The van der Waals surface area contributed by atoms with Crippen molar-refractivity contribution in [3.05, 3.63) is 88.0 Å². The van der Waals surface area contributed by atoms with Gasteiger partial charge in [0.05, 0.1) is 6.26 Å². The first-order chi connectivity index (χ1) is 14.5. The Balaban J connectivity index is 1.54. The summed E-state index contributed by atoms with van der Waals surface area (Å²) in [4.78, 5) is 41.7. The molecule has 0 aliphatic carbocycles. The van der Waals surface area contributed by atoms with Crippen LogP contribution in [0.5, 0.6) is 0 Å². The molecule has 2 aromatic heterocycles. The van der Waals surface area contributed by atoms with Crippen LogP contribution in [0.15, 0.2) is 64.1 Å². The number of aryl methyl sites for hydroxylation is 1. The van der Waals surface area contributed by atoms with Gasteiger partial charge in [-0.1, -0.05) is 0 Å². The molecule has 1 aliphatic rings. The number of pyridine rings is 1. The molecule has 0 bridgehead atoms. The smallest absolute Gasteiger partial charge is 0.289 e. The minimum atomic E-state index is -0.458. The van der Waals surface area contributed by atoms with Gasteiger partial charge in [0.1, 0.15) is 11.4 Å². The monoisotopic (exact) mass is 409 g/mol. The van der Waals surface area contributed by atoms with Crippen LogP contribution < -0.4 is 5.56 Å². The van der Waals surface area contributed by atoms with Crippen molar-refractivity contribution in [3.63, 3.8) is 0 Å². The number of hydrogen-bond acceptors (Lipinski definition) is 4. The van der Waals surface area contributed by atoms with Crippen LogP contribution in [-0.2, 0) is 0 Å². The van der Waals surface area contributed by atoms with E-state index < -0.39 is 11.4 Å². The zero-order valence-corrected chi connectivity index (χ0v) is 16.4. The Hall–Kier alpha value is -3.68. The fourth-order valence-electron chi connectivity index (χ4n) is 3.52. The van der Waals surface area contributed by atoms with E-state index in [1.54, 1.807) is 41.1 Å². The van der Waals surface area contributed by atoms with Crippen molar-refractivity contribution in [1.82, 2.24) is 14.4 Å². The van der Waals surface area contributed by atoms with E-state index in [4.69, 9.17) is 4.42 Å². The van der Waals surface area contributed by atoms with E-state index in [-0.39, 0.29) is 23.1 Å². The van der Waals surface area contributed by atoms with Crippen molar-refractivity contribution in [2.75, 3.05) is 26.2 Å². The van der Waals surface area contributed by atoms with Crippen molar-refractivity contribution in [3.8, 4) is 5.69 Å². The number of carbonyl (C=O) groups excluding carboxylic acids is 2. The third-order valence-corrected chi connectivity index (χ3v) is 5.21. The lowest BCUT2D eigenvalue weighted by Gasteiger charge is -2.34. The number of piperazine rings is 1. The zero-order chi connectivity index (χ0) is 21.3. The van der Waals surface area contributed by atoms with Crippen LogP contribution in [0, 0.1) is 12.7 Å². The molecular weight excluding hydrogens is 389 g/mol. The minimum Gasteiger partial charge on any atom is -0.459 e. The summed E-state index contributed by atoms with van der Waals surface area (Å²) in [7, 11) is 0. The normalized spacial score (nSPS) is 14.1. The first kappa shape index (κ1) is 19.6. The summed E-state index contributed by atoms with van der Waals surface area (Å²) in [6.45, 7) is 3.04. The Morgan fingerprint density at radius 2 is 1.57 bits per heavy atom. The lowest BCUT2D eigenvalue weighted by molar-refractivity contribution is 0.0516. The van der Waals surface area contributed by atoms with E-state index in [0.717, 1.165) is 0 Å². The van der Waals surface area contributed by atoms with Gasteiger partial charge >= 0.3 is 0 Å². The number of carbonyl (C=O) groups is 2. The van der Waals surface area contributed by atoms with Crippen LogP contribution in [0.25, 0.3) is 5.69 Å². The standard InChI is InChI=1S/C22H20FN3O4/c1-15-8-9-26(17-6-4-16(23)5-7-17)22(29)19(15)21(28)25-12-10-24(11-13-25)20(27)18-3-2-14-30-18/h2-9,14H,10-13H2,1H3. The minimum absolute atomic E-state index is 0.0765. The van der Waals surface area contributed by atoms with Crippen molar-refractivity contribution in [1.29, 1.82) is 0 Å². The summed E-state index contributed by atoms with van der Waals surface area (Å²) >= 11 is 0. The highest BCUT2D eigenvalue weighted by Gasteiger charge is 2.28. The molecule has 8 heteroatoms. The van der Waals surface area contributed by atoms with Crippen molar-refractivity contribution in [2.24, 2.45) is 0 Å². The lowest BCUT2D eigenvalue weighted by Crippen LogP contribution is -2.51. The van der Waals surface area contributed by atoms with Crippen molar-refractivity contribution >= 4 is 11.8 Å². The van der Waals surface area contributed by atoms with Gasteiger partial charge in [-0.15, -0.1) is 0 Å². The first-order valence-corrected chi connectivity index (χ1v) is 9.56. The number of amides is 2. The number of nitrogens with zero attached hydrogens (tertiary/aromatic N) is 3. The number of hydrogen-bond donors (Lipinski definition) is 0. The van der Waals surface area contributed by atoms with Crippen LogP contribution in [0.2, 0.25) is 0 Å². The maximum absolute atomic E-state index is 13.2. The molecule has 154 valence electrons. The second-order valence-electron chi connectivity index (χ2n) is 7.09. The average Bonchev–Trinajstić information content (AvgIpc) is 3.29. The van der Waals surface area contributed by atoms with Gasteiger partial charge in [-0.25, -0.2) is 4.39 Å². The molecule has 1 aliphatic heterocycles. The van der Waals surface area contributed by atoms with Gasteiger partial charge in [0.25, 0.3) is 17.4 Å². The highest BCUT2D eigenvalue weighted by molar-refractivity contribution is 5.96. The summed E-state index contributed by atoms with van der Waals surface area (Å²) in [6, 6.07) is 10.4. The molecule has 2 amide bonds. The van der Waals surface area contributed by atoms with Crippen LogP contribution >= 0.6 is 0 Å². The fraction of sp³-hybridized carbons (Fsp3) is 0.227. The number of benzene rings is 1. The van der Waals surface area contributed by atoms with Crippen LogP contribution in [0.1, 0.15) is 26.5 Å². The fourth-order valence-corrected chi connectivity index (χ4v) is 3.52. The molecule has 0 atom stereocenters. The molecule has 0 saturated carbocycles. The number of aromatic nitrogens is 1. The van der Waals surface area contributed by atoms with Gasteiger partial charge in [0, 0.05) is 38.1 Å². The van der Waals surface area contributed by atoms with Gasteiger partial charge in [0.15, 0.2) is 5.76 Å². The largest absolute Gasteiger partial charge is 0.459 e. The Bertz CT molecular complexity index is 1130. The van der Waals surface area contributed by atoms with E-state index in [1.807, 2.05) is 0 Å². The van der Waals surface area contributed by atoms with E-state index in [2.05, 4.69) is 0 Å². The quantitative estimate of drug-likeness (QED) is 0.666. The van der Waals surface area contributed by atoms with Crippen molar-refractivity contribution < 1.29 is 18.4 Å². The van der Waals surface area contributed by atoms with Crippen molar-refractivity contribution in [2.45, 2.75) is 6.92 Å². The Kier molecular flexibility index (Phi) is 5.22. The topological polar surface area (TPSA) is 75.8 Å². The SMILES string of the molecule is Cc1ccn(-c2ccc(F)cc2)c(=O)c1C(=O)N1CCN(C(=O)c2ccco2)CC1. The van der Waals surface area contributed by atoms with E-state index >= 15 is 0 Å². The summed E-state index contributed by atoms with van der Waals surface area (Å²) in [5.41, 5.74) is 0.662. The summed E-state index contributed by atoms with van der Waals surface area (Å²) in [5.74, 6) is -0.742. The van der Waals surface area contributed by atoms with Gasteiger partial charge in [-0.05, 0) is 55.0 Å². The molecule has 30 heavy (non-hydrogen) atoms. The third-order valence-electron chi connectivity index (χ3n) is 5.21. The summed E-state index contributed by atoms with van der Waals surface area (Å²) in [6.07, 6.45) is 3.01. The van der Waals surface area contributed by atoms with Crippen LogP contribution in [0.4, 0.5) is 4.39 Å². The molecule has 7 nitrogen and oxygen atoms in total. The van der Waals surface area contributed by atoms with E-state index in [9.17, 15) is 18.8 Å². The predicted molar refractivity (Wildman–Crippen MR) is 107 cm³/mol. The molecule has 3 aromatic rings. The Morgan fingerprint density at radius 3 is 2.17 bits per heavy atom. The van der Waals surface area contributed by atoms with Gasteiger partial charge in [0.2, 0.25) is 0 Å². The molecule has 0 spiro atoms. The molecule has 4 rings (SSSR count). The molecule has 1 aromatic carbocycles. The number of halogens is 1. The molecule has 1 saturated heterocycles. The predicted octanol–water partition coefficient (Wildman–Crippen LogP) is 2.48. The third kappa shape index (κ3) is 3.63. The second kappa shape index (κ2) is 7.98. The maximum Gasteiger partial charge on any atom is 0.289 e. The summed E-state index contributed by atoms with van der Waals surface area (Å²) in [5, 5.41) is 0. The molecule has 3 heterocycles. The zero-order valence-electron chi connectivity index (χ0n) is 16.4. The maximum atomic E-state index is 13.2. The molecule has 1 fully saturated rings. The number of rotatable bonds is 3. The molecular formula is C22H20FN3O4. The van der Waals surface area contributed by atoms with Gasteiger partial charge in [-0.2, -0.15) is 0 Å². The van der Waals surface area contributed by atoms with E-state index in [0.29, 0.717) is 37.4 Å². The Morgan fingerprint density at radius 1 is 0.933 bits per heavy atom. The van der Waals surface area contributed by atoms with Gasteiger partial charge in [-0.3, -0.25) is 19.0 Å². The van der Waals surface area contributed by atoms with Crippen LogP contribution in [-0.4, -0.2) is 52.4 Å². The molecule has 0 unspecified atom stereocenters. The first-order valence-electron chi connectivity index (χ1n) is 9.56. The average molecular weight is 409 g/mol. The highest BCUT2D eigenvalue weighted by Crippen LogP contribution is 2.14. The highest BCUT2D eigenvalue weighted by atomic mass is 19.1.